The molecular weight excluding hydrogens is 252 g/mol. The van der Waals surface area contributed by atoms with Crippen LogP contribution in [0.15, 0.2) is 16.5 Å². The van der Waals surface area contributed by atoms with E-state index < -0.39 is 0 Å². The maximum Gasteiger partial charge on any atom is 0.216 e. The van der Waals surface area contributed by atoms with Gasteiger partial charge >= 0.3 is 0 Å². The summed E-state index contributed by atoms with van der Waals surface area (Å²) >= 11 is 6.82. The van der Waals surface area contributed by atoms with Gasteiger partial charge in [-0.3, -0.25) is 5.10 Å². The number of hydrogen-bond acceptors (Lipinski definition) is 4. The molecule has 0 aliphatic heterocycles. The smallest absolute Gasteiger partial charge is 0.216 e. The van der Waals surface area contributed by atoms with Crippen LogP contribution in [0.1, 0.15) is 29.6 Å². The van der Waals surface area contributed by atoms with E-state index in [1.54, 1.807) is 16.0 Å². The molecule has 0 fully saturated rings. The molecule has 17 heavy (non-hydrogen) atoms. The van der Waals surface area contributed by atoms with Crippen LogP contribution in [0.2, 0.25) is 0 Å². The highest BCUT2D eigenvalue weighted by atomic mass is 32.1. The van der Waals surface area contributed by atoms with Crippen LogP contribution in [-0.4, -0.2) is 21.1 Å². The molecule has 0 radical (unpaired) electrons. The Kier molecular flexibility index (Phi) is 3.86. The van der Waals surface area contributed by atoms with Crippen LogP contribution in [0.5, 0.6) is 0 Å². The normalized spacial score (nSPS) is 11.4. The minimum absolute atomic E-state index is 0.541. The zero-order chi connectivity index (χ0) is 12.3. The molecule has 1 N–H and O–H groups in total. The van der Waals surface area contributed by atoms with E-state index in [9.17, 15) is 0 Å². The van der Waals surface area contributed by atoms with E-state index in [-0.39, 0.29) is 0 Å². The van der Waals surface area contributed by atoms with Gasteiger partial charge in [-0.2, -0.15) is 14.9 Å². The fourth-order valence-electron chi connectivity index (χ4n) is 1.46. The standard InChI is InChI=1S/C11H14N4S2/c1-3-4-10-13-14-11(16)15(10)12-7-9-8(2)5-6-17-9/h5-7H,3-4H2,1-2H3,(H,14,16)/b12-7+. The molecule has 0 aliphatic carbocycles. The molecule has 0 saturated heterocycles. The summed E-state index contributed by atoms with van der Waals surface area (Å²) in [7, 11) is 0. The third kappa shape index (κ3) is 2.70. The Morgan fingerprint density at radius 2 is 2.47 bits per heavy atom. The highest BCUT2D eigenvalue weighted by molar-refractivity contribution is 7.71. The largest absolute Gasteiger partial charge is 0.250 e. The zero-order valence-corrected chi connectivity index (χ0v) is 11.4. The minimum Gasteiger partial charge on any atom is -0.250 e. The van der Waals surface area contributed by atoms with E-state index in [4.69, 9.17) is 12.2 Å². The van der Waals surface area contributed by atoms with E-state index in [1.165, 1.54) is 5.56 Å². The van der Waals surface area contributed by atoms with Gasteiger partial charge in [0.25, 0.3) is 0 Å². The van der Waals surface area contributed by atoms with Crippen molar-refractivity contribution in [3.8, 4) is 0 Å². The van der Waals surface area contributed by atoms with Crippen molar-refractivity contribution in [3.05, 3.63) is 32.5 Å². The molecule has 0 aromatic carbocycles. The molecule has 0 spiro atoms. The summed E-state index contributed by atoms with van der Waals surface area (Å²) in [5.41, 5.74) is 1.23. The van der Waals surface area contributed by atoms with Gasteiger partial charge in [-0.1, -0.05) is 6.92 Å². The van der Waals surface area contributed by atoms with E-state index in [0.29, 0.717) is 4.77 Å². The highest BCUT2D eigenvalue weighted by Crippen LogP contribution is 2.13. The number of aromatic nitrogens is 3. The van der Waals surface area contributed by atoms with Gasteiger partial charge in [0.05, 0.1) is 11.1 Å². The van der Waals surface area contributed by atoms with Crippen molar-refractivity contribution in [2.45, 2.75) is 26.7 Å². The SMILES string of the molecule is CCCc1n[nH]c(=S)n1/N=C/c1sccc1C. The third-order valence-electron chi connectivity index (χ3n) is 2.38. The second-order valence-corrected chi connectivity index (χ2v) is 5.05. The van der Waals surface area contributed by atoms with E-state index in [1.807, 2.05) is 6.21 Å². The van der Waals surface area contributed by atoms with Crippen molar-refractivity contribution >= 4 is 29.8 Å². The lowest BCUT2D eigenvalue weighted by atomic mass is 10.3. The van der Waals surface area contributed by atoms with Gasteiger partial charge in [-0.25, -0.2) is 0 Å². The fourth-order valence-corrected chi connectivity index (χ4v) is 2.43. The Labute approximate surface area is 109 Å². The lowest BCUT2D eigenvalue weighted by Crippen LogP contribution is -1.98. The number of nitrogens with one attached hydrogen (secondary N) is 1. The first-order valence-electron chi connectivity index (χ1n) is 5.47. The predicted molar refractivity (Wildman–Crippen MR) is 73.5 cm³/mol. The molecule has 0 aliphatic rings. The number of H-pyrrole nitrogens is 1. The van der Waals surface area contributed by atoms with Crippen LogP contribution < -0.4 is 0 Å². The van der Waals surface area contributed by atoms with Gasteiger partial charge in [-0.05, 0) is 42.6 Å². The van der Waals surface area contributed by atoms with Crippen molar-refractivity contribution in [3.63, 3.8) is 0 Å². The summed E-state index contributed by atoms with van der Waals surface area (Å²) in [5, 5.41) is 13.4. The van der Waals surface area contributed by atoms with Crippen LogP contribution in [0.25, 0.3) is 0 Å². The van der Waals surface area contributed by atoms with Gasteiger partial charge in [0.15, 0.2) is 5.82 Å². The molecule has 2 aromatic heterocycles. The second kappa shape index (κ2) is 5.37. The van der Waals surface area contributed by atoms with Crippen molar-refractivity contribution in [1.82, 2.24) is 14.9 Å². The second-order valence-electron chi connectivity index (χ2n) is 3.72. The predicted octanol–water partition coefficient (Wildman–Crippen LogP) is 3.15. The molecule has 4 nitrogen and oxygen atoms in total. The van der Waals surface area contributed by atoms with E-state index in [0.717, 1.165) is 23.5 Å². The van der Waals surface area contributed by atoms with Gasteiger partial charge in [-0.15, -0.1) is 11.3 Å². The summed E-state index contributed by atoms with van der Waals surface area (Å²) in [4.78, 5) is 1.15. The summed E-state index contributed by atoms with van der Waals surface area (Å²) in [6.45, 7) is 4.18. The van der Waals surface area contributed by atoms with Crippen molar-refractivity contribution in [2.75, 3.05) is 0 Å². The third-order valence-corrected chi connectivity index (χ3v) is 3.60. The zero-order valence-electron chi connectivity index (χ0n) is 9.80. The number of aromatic amines is 1. The fraction of sp³-hybridized carbons (Fsp3) is 0.364. The van der Waals surface area contributed by atoms with Crippen molar-refractivity contribution in [1.29, 1.82) is 0 Å². The first-order valence-corrected chi connectivity index (χ1v) is 6.76. The highest BCUT2D eigenvalue weighted by Gasteiger charge is 2.03. The monoisotopic (exact) mass is 266 g/mol. The molecule has 90 valence electrons. The topological polar surface area (TPSA) is 46.0 Å². The van der Waals surface area contributed by atoms with Gasteiger partial charge in [0, 0.05) is 6.42 Å². The van der Waals surface area contributed by atoms with Gasteiger partial charge < -0.3 is 0 Å². The molecular formula is C11H14N4S2. The molecule has 0 saturated carbocycles. The molecule has 2 aromatic rings. The van der Waals surface area contributed by atoms with Crippen LogP contribution in [0, 0.1) is 11.7 Å². The Balaban J connectivity index is 2.29. The van der Waals surface area contributed by atoms with Gasteiger partial charge in [0.2, 0.25) is 4.77 Å². The number of aryl methyl sites for hydroxylation is 2. The number of nitrogens with zero attached hydrogens (tertiary/aromatic N) is 3. The Morgan fingerprint density at radius 1 is 1.65 bits per heavy atom. The van der Waals surface area contributed by atoms with Crippen molar-refractivity contribution < 1.29 is 0 Å². The Bertz CT molecular complexity index is 576. The molecule has 0 amide bonds. The quantitative estimate of drug-likeness (QED) is 0.682. The molecule has 0 bridgehead atoms. The lowest BCUT2D eigenvalue weighted by Gasteiger charge is -1.97. The molecule has 2 heterocycles. The van der Waals surface area contributed by atoms with Gasteiger partial charge in [0.1, 0.15) is 0 Å². The van der Waals surface area contributed by atoms with Crippen LogP contribution in [0.4, 0.5) is 0 Å². The van der Waals surface area contributed by atoms with Crippen LogP contribution in [0.3, 0.4) is 0 Å². The maximum absolute atomic E-state index is 5.15. The number of rotatable bonds is 4. The van der Waals surface area contributed by atoms with Crippen LogP contribution >= 0.6 is 23.6 Å². The molecule has 2 rings (SSSR count). The Morgan fingerprint density at radius 3 is 3.12 bits per heavy atom. The Hall–Kier alpha value is -1.27. The summed E-state index contributed by atoms with van der Waals surface area (Å²) in [5.74, 6) is 0.878. The van der Waals surface area contributed by atoms with E-state index >= 15 is 0 Å². The average Bonchev–Trinajstić information content (AvgIpc) is 2.85. The molecule has 0 unspecified atom stereocenters. The summed E-state index contributed by atoms with van der Waals surface area (Å²) in [6.07, 6.45) is 3.73. The molecule has 0 atom stereocenters. The van der Waals surface area contributed by atoms with Crippen molar-refractivity contribution in [2.24, 2.45) is 5.10 Å². The first kappa shape index (κ1) is 12.2. The van der Waals surface area contributed by atoms with Crippen LogP contribution in [-0.2, 0) is 6.42 Å². The lowest BCUT2D eigenvalue weighted by molar-refractivity contribution is 0.740. The first-order chi connectivity index (χ1) is 8.22. The van der Waals surface area contributed by atoms with E-state index in [2.05, 4.69) is 40.6 Å². The number of hydrogen-bond donors (Lipinski definition) is 1. The average molecular weight is 266 g/mol. The maximum atomic E-state index is 5.15. The summed E-state index contributed by atoms with van der Waals surface area (Å²) in [6, 6.07) is 2.08. The minimum atomic E-state index is 0.541. The summed E-state index contributed by atoms with van der Waals surface area (Å²) < 4.78 is 2.23. The molecule has 6 heteroatoms. The number of thiophene rings is 1.